The Morgan fingerprint density at radius 2 is 2.57 bits per heavy atom. The van der Waals surface area contributed by atoms with E-state index in [-0.39, 0.29) is 12.0 Å². The molecule has 7 heavy (non-hydrogen) atoms. The van der Waals surface area contributed by atoms with E-state index in [0.29, 0.717) is 0 Å². The van der Waals surface area contributed by atoms with Crippen molar-refractivity contribution in [1.29, 1.82) is 0 Å². The number of carbonyl (C=O) groups excluding carboxylic acids is 1. The molecule has 0 N–H and O–H groups in total. The zero-order chi connectivity index (χ0) is 5.28. The van der Waals surface area contributed by atoms with Crippen molar-refractivity contribution >= 4 is 6.29 Å². The first-order valence-corrected chi connectivity index (χ1v) is 2.41. The summed E-state index contributed by atoms with van der Waals surface area (Å²) in [5.41, 5.74) is 0. The van der Waals surface area contributed by atoms with E-state index in [1.165, 1.54) is 0 Å². The van der Waals surface area contributed by atoms with Gasteiger partial charge in [0.15, 0.2) is 0 Å². The molecule has 0 radical (unpaired) electrons. The van der Waals surface area contributed by atoms with Gasteiger partial charge in [-0.05, 0) is 0 Å². The fourth-order valence-electron chi connectivity index (χ4n) is 0.447. The lowest BCUT2D eigenvalue weighted by Gasteiger charge is -1.89. The number of epoxide rings is 1. The lowest BCUT2D eigenvalue weighted by atomic mass is 10.1. The maximum Gasteiger partial charge on any atom is 0.125 e. The zero-order valence-electron chi connectivity index (χ0n) is 4.26. The van der Waals surface area contributed by atoms with Crippen LogP contribution in [0.4, 0.5) is 0 Å². The summed E-state index contributed by atoms with van der Waals surface area (Å²) in [5, 5.41) is 0. The molecule has 1 fully saturated rings. The van der Waals surface area contributed by atoms with E-state index in [1.54, 1.807) is 0 Å². The molecule has 0 spiro atoms. The van der Waals surface area contributed by atoms with Gasteiger partial charge >= 0.3 is 0 Å². The van der Waals surface area contributed by atoms with Gasteiger partial charge in [0.25, 0.3) is 0 Å². The molecule has 0 aliphatic carbocycles. The van der Waals surface area contributed by atoms with Crippen LogP contribution in [0, 0.1) is 5.92 Å². The minimum atomic E-state index is 0.111. The fourth-order valence-corrected chi connectivity index (χ4v) is 0.447. The van der Waals surface area contributed by atoms with E-state index in [0.717, 1.165) is 12.9 Å². The highest BCUT2D eigenvalue weighted by Gasteiger charge is 2.28. The maximum atomic E-state index is 9.91. The van der Waals surface area contributed by atoms with Gasteiger partial charge in [-0.2, -0.15) is 0 Å². The minimum Gasteiger partial charge on any atom is -0.372 e. The van der Waals surface area contributed by atoms with Crippen molar-refractivity contribution in [2.24, 2.45) is 5.92 Å². The van der Waals surface area contributed by atoms with Crippen LogP contribution in [0.3, 0.4) is 0 Å². The molecule has 1 rings (SSSR count). The Kier molecular flexibility index (Phi) is 1.11. The van der Waals surface area contributed by atoms with Crippen LogP contribution >= 0.6 is 0 Å². The third-order valence-electron chi connectivity index (χ3n) is 1.16. The summed E-state index contributed by atoms with van der Waals surface area (Å²) < 4.78 is 4.83. The van der Waals surface area contributed by atoms with Gasteiger partial charge < -0.3 is 9.53 Å². The molecule has 1 saturated heterocycles. The highest BCUT2D eigenvalue weighted by atomic mass is 16.6. The minimum absolute atomic E-state index is 0.111. The Labute approximate surface area is 42.5 Å². The van der Waals surface area contributed by atoms with Gasteiger partial charge in [0.05, 0.1) is 12.7 Å². The molecule has 0 unspecified atom stereocenters. The third kappa shape index (κ3) is 0.996. The van der Waals surface area contributed by atoms with Crippen LogP contribution in [-0.2, 0) is 9.53 Å². The first-order chi connectivity index (χ1) is 3.34. The molecule has 1 aliphatic rings. The molecular weight excluding hydrogens is 92.1 g/mol. The lowest BCUT2D eigenvalue weighted by molar-refractivity contribution is -0.111. The number of hydrogen-bond acceptors (Lipinski definition) is 2. The van der Waals surface area contributed by atoms with Gasteiger partial charge in [-0.1, -0.05) is 6.92 Å². The van der Waals surface area contributed by atoms with Crippen LogP contribution in [0.1, 0.15) is 6.92 Å². The SMILES string of the molecule is C[C@H](C=O)[C@@H]1CO1. The Morgan fingerprint density at radius 1 is 2.00 bits per heavy atom. The van der Waals surface area contributed by atoms with E-state index < -0.39 is 0 Å². The van der Waals surface area contributed by atoms with Crippen LogP contribution < -0.4 is 0 Å². The van der Waals surface area contributed by atoms with Gasteiger partial charge in [-0.3, -0.25) is 0 Å². The largest absolute Gasteiger partial charge is 0.372 e. The standard InChI is InChI=1S/C5H8O2/c1-4(2-6)5-3-7-5/h2,4-5H,3H2,1H3/t4-,5+/m1/s1. The van der Waals surface area contributed by atoms with Crippen LogP contribution in [0.5, 0.6) is 0 Å². The van der Waals surface area contributed by atoms with Crippen molar-refractivity contribution in [3.05, 3.63) is 0 Å². The van der Waals surface area contributed by atoms with Crippen LogP contribution in [0.25, 0.3) is 0 Å². The topological polar surface area (TPSA) is 29.6 Å². The van der Waals surface area contributed by atoms with Crippen LogP contribution in [-0.4, -0.2) is 19.0 Å². The van der Waals surface area contributed by atoms with Crippen molar-refractivity contribution in [2.45, 2.75) is 13.0 Å². The summed E-state index contributed by atoms with van der Waals surface area (Å²) in [6, 6.07) is 0. The summed E-state index contributed by atoms with van der Waals surface area (Å²) in [5.74, 6) is 0.111. The average Bonchev–Trinajstić information content (AvgIpc) is 2.44. The normalized spacial score (nSPS) is 31.9. The highest BCUT2D eigenvalue weighted by molar-refractivity contribution is 5.54. The summed E-state index contributed by atoms with van der Waals surface area (Å²) >= 11 is 0. The molecule has 0 amide bonds. The lowest BCUT2D eigenvalue weighted by Crippen LogP contribution is -2.02. The van der Waals surface area contributed by atoms with Gasteiger partial charge in [0.1, 0.15) is 6.29 Å². The number of rotatable bonds is 2. The molecule has 2 heteroatoms. The Hall–Kier alpha value is -0.370. The molecule has 40 valence electrons. The second-order valence-corrected chi connectivity index (χ2v) is 1.87. The van der Waals surface area contributed by atoms with Crippen molar-refractivity contribution in [3.8, 4) is 0 Å². The highest BCUT2D eigenvalue weighted by Crippen LogP contribution is 2.16. The Morgan fingerprint density at radius 3 is 2.71 bits per heavy atom. The van der Waals surface area contributed by atoms with Gasteiger partial charge in [-0.25, -0.2) is 0 Å². The molecule has 2 nitrogen and oxygen atoms in total. The van der Waals surface area contributed by atoms with Crippen molar-refractivity contribution < 1.29 is 9.53 Å². The monoisotopic (exact) mass is 100 g/mol. The molecule has 0 aromatic carbocycles. The number of aldehydes is 1. The van der Waals surface area contributed by atoms with Gasteiger partial charge in [-0.15, -0.1) is 0 Å². The van der Waals surface area contributed by atoms with Gasteiger partial charge in [0, 0.05) is 5.92 Å². The fraction of sp³-hybridized carbons (Fsp3) is 0.800. The van der Waals surface area contributed by atoms with E-state index in [2.05, 4.69) is 0 Å². The first kappa shape index (κ1) is 4.78. The van der Waals surface area contributed by atoms with E-state index >= 15 is 0 Å². The summed E-state index contributed by atoms with van der Waals surface area (Å²) in [6.07, 6.45) is 1.18. The second kappa shape index (κ2) is 1.62. The molecule has 2 atom stereocenters. The van der Waals surface area contributed by atoms with Crippen LogP contribution in [0.2, 0.25) is 0 Å². The first-order valence-electron chi connectivity index (χ1n) is 2.41. The average molecular weight is 100 g/mol. The van der Waals surface area contributed by atoms with E-state index in [1.807, 2.05) is 6.92 Å². The molecule has 1 aliphatic heterocycles. The van der Waals surface area contributed by atoms with Crippen molar-refractivity contribution in [3.63, 3.8) is 0 Å². The maximum absolute atomic E-state index is 9.91. The second-order valence-electron chi connectivity index (χ2n) is 1.87. The molecule has 0 bridgehead atoms. The van der Waals surface area contributed by atoms with E-state index in [9.17, 15) is 4.79 Å². The Balaban J connectivity index is 2.22. The summed E-state index contributed by atoms with van der Waals surface area (Å²) in [7, 11) is 0. The number of hydrogen-bond donors (Lipinski definition) is 0. The quantitative estimate of drug-likeness (QED) is 0.367. The van der Waals surface area contributed by atoms with Crippen LogP contribution in [0.15, 0.2) is 0 Å². The molecule has 1 heterocycles. The van der Waals surface area contributed by atoms with E-state index in [4.69, 9.17) is 4.74 Å². The smallest absolute Gasteiger partial charge is 0.125 e. The molecule has 0 aromatic rings. The van der Waals surface area contributed by atoms with Gasteiger partial charge in [0.2, 0.25) is 0 Å². The third-order valence-corrected chi connectivity index (χ3v) is 1.16. The van der Waals surface area contributed by atoms with Crippen molar-refractivity contribution in [2.75, 3.05) is 6.61 Å². The zero-order valence-corrected chi connectivity index (χ0v) is 4.26. The predicted octanol–water partition coefficient (Wildman–Crippen LogP) is 0.220. The summed E-state index contributed by atoms with van der Waals surface area (Å²) in [6.45, 7) is 2.64. The Bertz CT molecular complexity index is 76.1. The predicted molar refractivity (Wildman–Crippen MR) is 25.0 cm³/mol. The molecule has 0 aromatic heterocycles. The molecule has 0 saturated carbocycles. The van der Waals surface area contributed by atoms with Crippen molar-refractivity contribution in [1.82, 2.24) is 0 Å². The number of carbonyl (C=O) groups is 1. The molecular formula is C5H8O2. The summed E-state index contributed by atoms with van der Waals surface area (Å²) in [4.78, 5) is 9.91. The number of ether oxygens (including phenoxy) is 1.